The lowest BCUT2D eigenvalue weighted by atomic mass is 10.1. The summed E-state index contributed by atoms with van der Waals surface area (Å²) >= 11 is 5.68. The van der Waals surface area contributed by atoms with Gasteiger partial charge in [0, 0.05) is 0 Å². The highest BCUT2D eigenvalue weighted by Crippen LogP contribution is 2.18. The minimum Gasteiger partial charge on any atom is -0.383 e. The van der Waals surface area contributed by atoms with Gasteiger partial charge in [0.1, 0.15) is 11.0 Å². The van der Waals surface area contributed by atoms with Crippen LogP contribution in [0.4, 0.5) is 5.82 Å². The van der Waals surface area contributed by atoms with Gasteiger partial charge in [0.15, 0.2) is 5.78 Å². The Morgan fingerprint density at radius 1 is 1.67 bits per heavy atom. The molecule has 12 heavy (non-hydrogen) atoms. The summed E-state index contributed by atoms with van der Waals surface area (Å²) in [5, 5.41) is 0.172. The van der Waals surface area contributed by atoms with Crippen LogP contribution >= 0.6 is 11.6 Å². The Hall–Kier alpha value is -1.09. The molecule has 1 rings (SSSR count). The van der Waals surface area contributed by atoms with Crippen molar-refractivity contribution < 1.29 is 4.79 Å². The van der Waals surface area contributed by atoms with Crippen LogP contribution in [-0.2, 0) is 0 Å². The molecule has 64 valence electrons. The lowest BCUT2D eigenvalue weighted by molar-refractivity contribution is 0.101. The third-order valence-corrected chi connectivity index (χ3v) is 1.87. The molecule has 0 fully saturated rings. The first kappa shape index (κ1) is 9.00. The number of pyridine rings is 1. The number of nitrogen functional groups attached to an aromatic ring is 1. The zero-order chi connectivity index (χ0) is 9.30. The number of nitrogens with two attached hydrogens (primary N) is 1. The molecule has 0 aliphatic carbocycles. The van der Waals surface area contributed by atoms with Gasteiger partial charge in [-0.1, -0.05) is 11.6 Å². The van der Waals surface area contributed by atoms with Crippen LogP contribution in [0.25, 0.3) is 0 Å². The van der Waals surface area contributed by atoms with Crippen LogP contribution in [0.1, 0.15) is 22.8 Å². The Morgan fingerprint density at radius 3 is 2.75 bits per heavy atom. The van der Waals surface area contributed by atoms with E-state index in [1.807, 2.05) is 0 Å². The normalized spacial score (nSPS) is 9.92. The first-order chi connectivity index (χ1) is 5.52. The molecule has 0 saturated heterocycles. The molecule has 1 aromatic heterocycles. The Kier molecular flexibility index (Phi) is 2.33. The van der Waals surface area contributed by atoms with Crippen molar-refractivity contribution in [2.24, 2.45) is 0 Å². The fourth-order valence-electron chi connectivity index (χ4n) is 0.851. The average Bonchev–Trinajstić information content (AvgIpc) is 1.96. The maximum absolute atomic E-state index is 11.0. The quantitative estimate of drug-likeness (QED) is 0.535. The molecule has 0 unspecified atom stereocenters. The van der Waals surface area contributed by atoms with Crippen LogP contribution in [0, 0.1) is 6.92 Å². The number of carbonyl (C=O) groups is 1. The van der Waals surface area contributed by atoms with E-state index >= 15 is 0 Å². The summed E-state index contributed by atoms with van der Waals surface area (Å²) in [5.41, 5.74) is 6.67. The van der Waals surface area contributed by atoms with E-state index in [-0.39, 0.29) is 10.9 Å². The first-order valence-electron chi connectivity index (χ1n) is 3.46. The molecule has 0 aliphatic heterocycles. The van der Waals surface area contributed by atoms with Crippen LogP contribution < -0.4 is 5.73 Å². The molecule has 1 heterocycles. The van der Waals surface area contributed by atoms with E-state index in [0.717, 1.165) is 5.56 Å². The van der Waals surface area contributed by atoms with E-state index in [2.05, 4.69) is 4.98 Å². The van der Waals surface area contributed by atoms with E-state index in [4.69, 9.17) is 17.3 Å². The van der Waals surface area contributed by atoms with Crippen molar-refractivity contribution in [3.63, 3.8) is 0 Å². The Bertz CT molecular complexity index is 336. The standard InChI is InChI=1S/C8H9ClN2O/c1-4-3-6(5(2)12)7(9)11-8(4)10/h3H,1-2H3,(H2,10,11). The smallest absolute Gasteiger partial charge is 0.162 e. The van der Waals surface area contributed by atoms with Gasteiger partial charge < -0.3 is 5.73 Å². The molecule has 0 aliphatic rings. The van der Waals surface area contributed by atoms with E-state index in [1.54, 1.807) is 13.0 Å². The number of anilines is 1. The average molecular weight is 185 g/mol. The summed E-state index contributed by atoms with van der Waals surface area (Å²) in [5.74, 6) is 0.264. The fourth-order valence-corrected chi connectivity index (χ4v) is 1.13. The SMILES string of the molecule is CC(=O)c1cc(C)c(N)nc1Cl. The predicted octanol–water partition coefficient (Wildman–Crippen LogP) is 1.83. The zero-order valence-corrected chi connectivity index (χ0v) is 7.64. The number of nitrogens with zero attached hydrogens (tertiary/aromatic N) is 1. The number of ketones is 1. The summed E-state index contributed by atoms with van der Waals surface area (Å²) in [6.45, 7) is 3.23. The van der Waals surface area contributed by atoms with Crippen LogP contribution in [0.5, 0.6) is 0 Å². The molecular weight excluding hydrogens is 176 g/mol. The third-order valence-electron chi connectivity index (χ3n) is 1.59. The molecule has 2 N–H and O–H groups in total. The molecule has 0 atom stereocenters. The van der Waals surface area contributed by atoms with Gasteiger partial charge in [-0.3, -0.25) is 4.79 Å². The number of rotatable bonds is 1. The van der Waals surface area contributed by atoms with Gasteiger partial charge in [0.25, 0.3) is 0 Å². The maximum atomic E-state index is 11.0. The monoisotopic (exact) mass is 184 g/mol. The molecular formula is C8H9ClN2O. The minimum atomic E-state index is -0.101. The maximum Gasteiger partial charge on any atom is 0.162 e. The second-order valence-electron chi connectivity index (χ2n) is 2.59. The zero-order valence-electron chi connectivity index (χ0n) is 6.89. The van der Waals surface area contributed by atoms with Gasteiger partial charge in [-0.15, -0.1) is 0 Å². The number of Topliss-reactive ketones (excluding diaryl/α,β-unsaturated/α-hetero) is 1. The number of hydrogen-bond acceptors (Lipinski definition) is 3. The van der Waals surface area contributed by atoms with Crippen molar-refractivity contribution in [3.05, 3.63) is 22.3 Å². The van der Waals surface area contributed by atoms with Crippen molar-refractivity contribution in [1.82, 2.24) is 4.98 Å². The summed E-state index contributed by atoms with van der Waals surface area (Å²) in [6, 6.07) is 1.65. The largest absolute Gasteiger partial charge is 0.383 e. The lowest BCUT2D eigenvalue weighted by Crippen LogP contribution is -2.01. The number of aromatic nitrogens is 1. The Morgan fingerprint density at radius 2 is 2.25 bits per heavy atom. The second-order valence-corrected chi connectivity index (χ2v) is 2.94. The van der Waals surface area contributed by atoms with Gasteiger partial charge in [-0.25, -0.2) is 4.98 Å². The van der Waals surface area contributed by atoms with E-state index in [1.165, 1.54) is 6.92 Å². The minimum absolute atomic E-state index is 0.101. The van der Waals surface area contributed by atoms with E-state index < -0.39 is 0 Å². The van der Waals surface area contributed by atoms with E-state index in [9.17, 15) is 4.79 Å². The molecule has 1 aromatic rings. The highest BCUT2D eigenvalue weighted by molar-refractivity contribution is 6.32. The second kappa shape index (κ2) is 3.11. The number of aryl methyl sites for hydroxylation is 1. The summed E-state index contributed by atoms with van der Waals surface area (Å²) in [4.78, 5) is 14.8. The van der Waals surface area contributed by atoms with Crippen LogP contribution in [0.15, 0.2) is 6.07 Å². The van der Waals surface area contributed by atoms with Gasteiger partial charge in [-0.2, -0.15) is 0 Å². The Balaban J connectivity index is 3.33. The highest BCUT2D eigenvalue weighted by atomic mass is 35.5. The van der Waals surface area contributed by atoms with Crippen molar-refractivity contribution in [2.75, 3.05) is 5.73 Å². The van der Waals surface area contributed by atoms with Crippen LogP contribution in [0.2, 0.25) is 5.15 Å². The van der Waals surface area contributed by atoms with Gasteiger partial charge >= 0.3 is 0 Å². The molecule has 0 aromatic carbocycles. The fraction of sp³-hybridized carbons (Fsp3) is 0.250. The molecule has 0 spiro atoms. The van der Waals surface area contributed by atoms with Crippen molar-refractivity contribution >= 4 is 23.2 Å². The first-order valence-corrected chi connectivity index (χ1v) is 3.83. The van der Waals surface area contributed by atoms with Gasteiger partial charge in [-0.05, 0) is 25.5 Å². The lowest BCUT2D eigenvalue weighted by Gasteiger charge is -2.03. The van der Waals surface area contributed by atoms with Gasteiger partial charge in [0.2, 0.25) is 0 Å². The summed E-state index contributed by atoms with van der Waals surface area (Å²) in [6.07, 6.45) is 0. The van der Waals surface area contributed by atoms with Crippen LogP contribution in [-0.4, -0.2) is 10.8 Å². The van der Waals surface area contributed by atoms with E-state index in [0.29, 0.717) is 11.4 Å². The number of hydrogen-bond donors (Lipinski definition) is 1. The molecule has 0 amide bonds. The Labute approximate surface area is 75.6 Å². The third kappa shape index (κ3) is 1.56. The molecule has 0 saturated carbocycles. The molecule has 0 radical (unpaired) electrons. The van der Waals surface area contributed by atoms with Crippen molar-refractivity contribution in [1.29, 1.82) is 0 Å². The number of carbonyl (C=O) groups excluding carboxylic acids is 1. The van der Waals surface area contributed by atoms with Gasteiger partial charge in [0.05, 0.1) is 5.56 Å². The van der Waals surface area contributed by atoms with Crippen molar-refractivity contribution in [3.8, 4) is 0 Å². The molecule has 4 heteroatoms. The predicted molar refractivity (Wildman–Crippen MR) is 48.4 cm³/mol. The number of halogens is 1. The topological polar surface area (TPSA) is 56.0 Å². The highest BCUT2D eigenvalue weighted by Gasteiger charge is 2.08. The molecule has 0 bridgehead atoms. The molecule has 3 nitrogen and oxygen atoms in total. The van der Waals surface area contributed by atoms with Crippen molar-refractivity contribution in [2.45, 2.75) is 13.8 Å². The summed E-state index contributed by atoms with van der Waals surface area (Å²) < 4.78 is 0. The van der Waals surface area contributed by atoms with Crippen LogP contribution in [0.3, 0.4) is 0 Å². The summed E-state index contributed by atoms with van der Waals surface area (Å²) in [7, 11) is 0.